The maximum Gasteiger partial charge on any atom is 0.323 e. The SMILES string of the molecule is CN(CC(=O)O)c1ccnc2sccc12. The number of aliphatic carboxylic acids is 1. The topological polar surface area (TPSA) is 53.4 Å². The Bertz CT molecular complexity index is 495. The molecule has 0 radical (unpaired) electrons. The second-order valence-electron chi connectivity index (χ2n) is 3.22. The van der Waals surface area contributed by atoms with Crippen molar-refractivity contribution in [3.63, 3.8) is 0 Å². The lowest BCUT2D eigenvalue weighted by molar-refractivity contribution is -0.135. The molecule has 78 valence electrons. The maximum atomic E-state index is 10.6. The van der Waals surface area contributed by atoms with Crippen LogP contribution in [0.1, 0.15) is 0 Å². The second-order valence-corrected chi connectivity index (χ2v) is 4.11. The summed E-state index contributed by atoms with van der Waals surface area (Å²) >= 11 is 1.55. The molecule has 0 atom stereocenters. The van der Waals surface area contributed by atoms with Crippen LogP contribution in [-0.4, -0.2) is 29.7 Å². The number of likely N-dealkylation sites (N-methyl/N-ethyl adjacent to an activating group) is 1. The highest BCUT2D eigenvalue weighted by molar-refractivity contribution is 7.16. The molecule has 2 heterocycles. The lowest BCUT2D eigenvalue weighted by atomic mass is 10.2. The van der Waals surface area contributed by atoms with E-state index in [9.17, 15) is 4.79 Å². The van der Waals surface area contributed by atoms with E-state index in [1.807, 2.05) is 17.5 Å². The first-order valence-electron chi connectivity index (χ1n) is 4.43. The molecule has 5 heteroatoms. The fourth-order valence-electron chi connectivity index (χ4n) is 1.48. The average Bonchev–Trinajstić information content (AvgIpc) is 2.63. The largest absolute Gasteiger partial charge is 0.480 e. The van der Waals surface area contributed by atoms with Gasteiger partial charge in [-0.05, 0) is 17.5 Å². The van der Waals surface area contributed by atoms with E-state index < -0.39 is 5.97 Å². The molecule has 4 nitrogen and oxygen atoms in total. The van der Waals surface area contributed by atoms with Gasteiger partial charge in [-0.3, -0.25) is 4.79 Å². The summed E-state index contributed by atoms with van der Waals surface area (Å²) < 4.78 is 0. The van der Waals surface area contributed by atoms with Gasteiger partial charge in [-0.1, -0.05) is 0 Å². The molecule has 2 aromatic heterocycles. The minimum absolute atomic E-state index is 0.00500. The third-order valence-corrected chi connectivity index (χ3v) is 2.95. The van der Waals surface area contributed by atoms with Gasteiger partial charge in [-0.25, -0.2) is 4.98 Å². The van der Waals surface area contributed by atoms with E-state index in [1.54, 1.807) is 29.5 Å². The number of aromatic nitrogens is 1. The molecule has 0 aromatic carbocycles. The molecule has 0 aliphatic heterocycles. The van der Waals surface area contributed by atoms with Gasteiger partial charge < -0.3 is 10.0 Å². The van der Waals surface area contributed by atoms with Gasteiger partial charge in [0.2, 0.25) is 0 Å². The van der Waals surface area contributed by atoms with Crippen LogP contribution in [-0.2, 0) is 4.79 Å². The highest BCUT2D eigenvalue weighted by Crippen LogP contribution is 2.27. The van der Waals surface area contributed by atoms with Crippen molar-refractivity contribution < 1.29 is 9.90 Å². The summed E-state index contributed by atoms with van der Waals surface area (Å²) in [6.45, 7) is -0.00500. The third kappa shape index (κ3) is 1.92. The molecule has 0 saturated heterocycles. The van der Waals surface area contributed by atoms with Gasteiger partial charge in [0.15, 0.2) is 0 Å². The predicted octanol–water partition coefficient (Wildman–Crippen LogP) is 1.82. The predicted molar refractivity (Wildman–Crippen MR) is 60.5 cm³/mol. The van der Waals surface area contributed by atoms with Gasteiger partial charge in [-0.2, -0.15) is 0 Å². The van der Waals surface area contributed by atoms with Crippen molar-refractivity contribution in [2.24, 2.45) is 0 Å². The molecule has 2 aromatic rings. The van der Waals surface area contributed by atoms with Crippen LogP contribution in [0.2, 0.25) is 0 Å². The Balaban J connectivity index is 2.42. The first kappa shape index (κ1) is 9.92. The Morgan fingerprint density at radius 2 is 2.40 bits per heavy atom. The van der Waals surface area contributed by atoms with Gasteiger partial charge in [0, 0.05) is 24.3 Å². The summed E-state index contributed by atoms with van der Waals surface area (Å²) in [5, 5.41) is 11.7. The van der Waals surface area contributed by atoms with Crippen molar-refractivity contribution in [3.05, 3.63) is 23.7 Å². The Morgan fingerprint density at radius 3 is 3.13 bits per heavy atom. The first-order chi connectivity index (χ1) is 7.18. The Labute approximate surface area is 90.8 Å². The zero-order valence-corrected chi connectivity index (χ0v) is 8.99. The molecule has 1 N–H and O–H groups in total. The number of pyridine rings is 1. The van der Waals surface area contributed by atoms with Crippen molar-refractivity contribution >= 4 is 33.2 Å². The summed E-state index contributed by atoms with van der Waals surface area (Å²) in [6, 6.07) is 3.79. The van der Waals surface area contributed by atoms with Crippen LogP contribution in [0.4, 0.5) is 5.69 Å². The van der Waals surface area contributed by atoms with Crippen molar-refractivity contribution in [2.75, 3.05) is 18.5 Å². The van der Waals surface area contributed by atoms with Crippen LogP contribution in [0.3, 0.4) is 0 Å². The number of carboxylic acids is 1. The van der Waals surface area contributed by atoms with E-state index in [1.165, 1.54) is 0 Å². The molecular weight excluding hydrogens is 212 g/mol. The lowest BCUT2D eigenvalue weighted by Crippen LogP contribution is -2.25. The fourth-order valence-corrected chi connectivity index (χ4v) is 2.24. The summed E-state index contributed by atoms with van der Waals surface area (Å²) in [5.74, 6) is -0.835. The maximum absolute atomic E-state index is 10.6. The van der Waals surface area contributed by atoms with Crippen molar-refractivity contribution in [1.29, 1.82) is 0 Å². The smallest absolute Gasteiger partial charge is 0.323 e. The molecule has 0 bridgehead atoms. The minimum Gasteiger partial charge on any atom is -0.480 e. The van der Waals surface area contributed by atoms with Crippen LogP contribution < -0.4 is 4.90 Å². The van der Waals surface area contributed by atoms with E-state index in [2.05, 4.69) is 4.98 Å². The lowest BCUT2D eigenvalue weighted by Gasteiger charge is -2.17. The van der Waals surface area contributed by atoms with Gasteiger partial charge in [0.05, 0.1) is 0 Å². The molecular formula is C10H10N2O2S. The standard InChI is InChI=1S/C10H10N2O2S/c1-12(6-9(13)14)8-2-4-11-10-7(8)3-5-15-10/h2-5H,6H2,1H3,(H,13,14). The van der Waals surface area contributed by atoms with Gasteiger partial charge in [0.25, 0.3) is 0 Å². The molecule has 0 fully saturated rings. The number of carbonyl (C=O) groups is 1. The molecule has 0 amide bonds. The van der Waals surface area contributed by atoms with Crippen molar-refractivity contribution in [3.8, 4) is 0 Å². The molecule has 0 aliphatic rings. The Hall–Kier alpha value is -1.62. The van der Waals surface area contributed by atoms with Gasteiger partial charge in [0.1, 0.15) is 11.4 Å². The van der Waals surface area contributed by atoms with Crippen LogP contribution >= 0.6 is 11.3 Å². The molecule has 0 saturated carbocycles. The third-order valence-electron chi connectivity index (χ3n) is 2.13. The summed E-state index contributed by atoms with van der Waals surface area (Å²) in [4.78, 5) is 17.5. The number of hydrogen-bond donors (Lipinski definition) is 1. The van der Waals surface area contributed by atoms with Crippen LogP contribution in [0, 0.1) is 0 Å². The molecule has 15 heavy (non-hydrogen) atoms. The second kappa shape index (κ2) is 3.86. The number of thiophene rings is 1. The van der Waals surface area contributed by atoms with Crippen molar-refractivity contribution in [1.82, 2.24) is 4.98 Å². The number of fused-ring (bicyclic) bond motifs is 1. The highest BCUT2D eigenvalue weighted by Gasteiger charge is 2.09. The number of hydrogen-bond acceptors (Lipinski definition) is 4. The van der Waals surface area contributed by atoms with E-state index in [0.717, 1.165) is 15.9 Å². The Morgan fingerprint density at radius 1 is 1.60 bits per heavy atom. The van der Waals surface area contributed by atoms with Crippen LogP contribution in [0.25, 0.3) is 10.2 Å². The highest BCUT2D eigenvalue weighted by atomic mass is 32.1. The van der Waals surface area contributed by atoms with E-state index in [4.69, 9.17) is 5.11 Å². The molecule has 0 aliphatic carbocycles. The fraction of sp³-hybridized carbons (Fsp3) is 0.200. The summed E-state index contributed by atoms with van der Waals surface area (Å²) in [7, 11) is 1.76. The first-order valence-corrected chi connectivity index (χ1v) is 5.31. The quantitative estimate of drug-likeness (QED) is 0.860. The van der Waals surface area contributed by atoms with E-state index in [0.29, 0.717) is 0 Å². The van der Waals surface area contributed by atoms with E-state index in [-0.39, 0.29) is 6.54 Å². The summed E-state index contributed by atoms with van der Waals surface area (Å²) in [5.41, 5.74) is 0.906. The number of nitrogens with zero attached hydrogens (tertiary/aromatic N) is 2. The monoisotopic (exact) mass is 222 g/mol. The molecule has 2 rings (SSSR count). The minimum atomic E-state index is -0.835. The summed E-state index contributed by atoms with van der Waals surface area (Å²) in [6.07, 6.45) is 1.70. The van der Waals surface area contributed by atoms with Gasteiger partial charge in [-0.15, -0.1) is 11.3 Å². The molecule has 0 unspecified atom stereocenters. The Kier molecular flexibility index (Phi) is 2.55. The molecule has 0 spiro atoms. The van der Waals surface area contributed by atoms with Crippen LogP contribution in [0.5, 0.6) is 0 Å². The van der Waals surface area contributed by atoms with Crippen LogP contribution in [0.15, 0.2) is 23.7 Å². The van der Waals surface area contributed by atoms with E-state index >= 15 is 0 Å². The van der Waals surface area contributed by atoms with Gasteiger partial charge >= 0.3 is 5.97 Å². The van der Waals surface area contributed by atoms with Crippen molar-refractivity contribution in [2.45, 2.75) is 0 Å². The average molecular weight is 222 g/mol. The number of anilines is 1. The normalized spacial score (nSPS) is 10.5. The number of carboxylic acid groups (broad SMARTS) is 1. The zero-order chi connectivity index (χ0) is 10.8. The number of rotatable bonds is 3. The zero-order valence-electron chi connectivity index (χ0n) is 8.17.